The predicted molar refractivity (Wildman–Crippen MR) is 100 cm³/mol. The van der Waals surface area contributed by atoms with Gasteiger partial charge in [0.1, 0.15) is 12.2 Å². The van der Waals surface area contributed by atoms with E-state index in [0.717, 1.165) is 5.56 Å². The molecule has 2 rings (SSSR count). The van der Waals surface area contributed by atoms with E-state index in [1.807, 2.05) is 56.0 Å². The minimum absolute atomic E-state index is 0.0100. The first-order valence-corrected chi connectivity index (χ1v) is 9.06. The maximum absolute atomic E-state index is 11.7. The van der Waals surface area contributed by atoms with Gasteiger partial charge in [-0.1, -0.05) is 30.3 Å². The third-order valence-corrected chi connectivity index (χ3v) is 3.84. The van der Waals surface area contributed by atoms with Crippen LogP contribution in [0.1, 0.15) is 26.3 Å². The summed E-state index contributed by atoms with van der Waals surface area (Å²) in [5, 5.41) is 15.3. The van der Waals surface area contributed by atoms with Crippen molar-refractivity contribution in [1.82, 2.24) is 15.5 Å². The average Bonchev–Trinajstić information content (AvgIpc) is 2.55. The van der Waals surface area contributed by atoms with Crippen LogP contribution in [0.3, 0.4) is 0 Å². The summed E-state index contributed by atoms with van der Waals surface area (Å²) >= 11 is 0. The summed E-state index contributed by atoms with van der Waals surface area (Å²) in [6.45, 7) is 7.41. The molecule has 0 aliphatic carbocycles. The van der Waals surface area contributed by atoms with Crippen molar-refractivity contribution in [1.29, 1.82) is 0 Å². The van der Waals surface area contributed by atoms with Gasteiger partial charge in [-0.25, -0.2) is 9.59 Å². The molecule has 1 aliphatic rings. The van der Waals surface area contributed by atoms with E-state index >= 15 is 0 Å². The van der Waals surface area contributed by atoms with Gasteiger partial charge in [0.15, 0.2) is 0 Å². The Morgan fingerprint density at radius 3 is 2.52 bits per heavy atom. The second-order valence-electron chi connectivity index (χ2n) is 7.66. The third-order valence-electron chi connectivity index (χ3n) is 3.84. The van der Waals surface area contributed by atoms with Crippen LogP contribution in [0.15, 0.2) is 30.3 Å². The molecule has 150 valence electrons. The normalized spacial score (nSPS) is 16.1. The molecule has 0 spiro atoms. The minimum Gasteiger partial charge on any atom is -0.445 e. The summed E-state index contributed by atoms with van der Waals surface area (Å²) in [4.78, 5) is 25.3. The van der Waals surface area contributed by atoms with Crippen LogP contribution in [0.25, 0.3) is 0 Å². The number of amides is 2. The van der Waals surface area contributed by atoms with Crippen molar-refractivity contribution < 1.29 is 24.2 Å². The largest absolute Gasteiger partial charge is 0.445 e. The van der Waals surface area contributed by atoms with Crippen molar-refractivity contribution in [2.24, 2.45) is 0 Å². The first-order chi connectivity index (χ1) is 12.7. The van der Waals surface area contributed by atoms with E-state index in [0.29, 0.717) is 19.6 Å². The van der Waals surface area contributed by atoms with Gasteiger partial charge in [0.05, 0.1) is 12.1 Å². The molecule has 1 aromatic rings. The number of hydrogen-bond acceptors (Lipinski definition) is 6. The van der Waals surface area contributed by atoms with Gasteiger partial charge >= 0.3 is 12.2 Å². The Labute approximate surface area is 159 Å². The second-order valence-corrected chi connectivity index (χ2v) is 7.66. The molecule has 0 radical (unpaired) electrons. The quantitative estimate of drug-likeness (QED) is 0.664. The minimum atomic E-state index is -0.711. The molecule has 0 bridgehead atoms. The molecule has 1 fully saturated rings. The Kier molecular flexibility index (Phi) is 7.44. The molecule has 1 aromatic carbocycles. The Morgan fingerprint density at radius 2 is 1.89 bits per heavy atom. The van der Waals surface area contributed by atoms with Crippen molar-refractivity contribution >= 4 is 12.2 Å². The van der Waals surface area contributed by atoms with E-state index in [1.54, 1.807) is 0 Å². The van der Waals surface area contributed by atoms with Gasteiger partial charge in [-0.3, -0.25) is 4.90 Å². The molecule has 1 saturated heterocycles. The molecule has 1 aliphatic heterocycles. The van der Waals surface area contributed by atoms with E-state index in [9.17, 15) is 14.7 Å². The number of alkyl carbamates (subject to hydrolysis) is 2. The summed E-state index contributed by atoms with van der Waals surface area (Å²) in [7, 11) is 0. The lowest BCUT2D eigenvalue weighted by atomic mass is 10.1. The SMILES string of the molecule is CC(C)(C)OC(=O)NC1CN(CC(O)CNC(=O)OCc2ccccc2)C1. The molecule has 3 N–H and O–H groups in total. The highest BCUT2D eigenvalue weighted by molar-refractivity contribution is 5.68. The fourth-order valence-electron chi connectivity index (χ4n) is 2.62. The molecular weight excluding hydrogens is 350 g/mol. The maximum Gasteiger partial charge on any atom is 0.407 e. The first-order valence-electron chi connectivity index (χ1n) is 9.06. The topological polar surface area (TPSA) is 100 Å². The van der Waals surface area contributed by atoms with Crippen molar-refractivity contribution in [2.45, 2.75) is 45.1 Å². The number of carbonyl (C=O) groups excluding carboxylic acids is 2. The average molecular weight is 379 g/mol. The number of nitrogens with zero attached hydrogens (tertiary/aromatic N) is 1. The fourth-order valence-corrected chi connectivity index (χ4v) is 2.62. The van der Waals surface area contributed by atoms with Crippen LogP contribution in [0.2, 0.25) is 0 Å². The van der Waals surface area contributed by atoms with Gasteiger partial charge < -0.3 is 25.2 Å². The number of hydrogen-bond donors (Lipinski definition) is 3. The lowest BCUT2D eigenvalue weighted by Crippen LogP contribution is -2.61. The van der Waals surface area contributed by atoms with Gasteiger partial charge in [0.2, 0.25) is 0 Å². The monoisotopic (exact) mass is 379 g/mol. The summed E-state index contributed by atoms with van der Waals surface area (Å²) in [6.07, 6.45) is -1.71. The van der Waals surface area contributed by atoms with Crippen molar-refractivity contribution in [2.75, 3.05) is 26.2 Å². The van der Waals surface area contributed by atoms with Crippen LogP contribution < -0.4 is 10.6 Å². The maximum atomic E-state index is 11.7. The van der Waals surface area contributed by atoms with Gasteiger partial charge in [0, 0.05) is 26.2 Å². The van der Waals surface area contributed by atoms with Crippen LogP contribution in [0.4, 0.5) is 9.59 Å². The molecule has 27 heavy (non-hydrogen) atoms. The molecule has 8 heteroatoms. The number of nitrogens with one attached hydrogen (secondary N) is 2. The van der Waals surface area contributed by atoms with Crippen LogP contribution >= 0.6 is 0 Å². The fraction of sp³-hybridized carbons (Fsp3) is 0.579. The number of ether oxygens (including phenoxy) is 2. The highest BCUT2D eigenvalue weighted by Crippen LogP contribution is 2.11. The molecule has 1 atom stereocenters. The number of aliphatic hydroxyl groups is 1. The van der Waals surface area contributed by atoms with Crippen LogP contribution in [-0.4, -0.2) is 66.1 Å². The third kappa shape index (κ3) is 8.27. The smallest absolute Gasteiger partial charge is 0.407 e. The lowest BCUT2D eigenvalue weighted by Gasteiger charge is -2.40. The number of aliphatic hydroxyl groups excluding tert-OH is 1. The number of rotatable bonds is 7. The van der Waals surface area contributed by atoms with Gasteiger partial charge in [0.25, 0.3) is 0 Å². The number of benzene rings is 1. The highest BCUT2D eigenvalue weighted by Gasteiger charge is 2.30. The molecule has 1 unspecified atom stereocenters. The highest BCUT2D eigenvalue weighted by atomic mass is 16.6. The van der Waals surface area contributed by atoms with Gasteiger partial charge in [-0.15, -0.1) is 0 Å². The Balaban J connectivity index is 1.54. The Hall–Kier alpha value is -2.32. The molecule has 2 amide bonds. The zero-order valence-corrected chi connectivity index (χ0v) is 16.1. The van der Waals surface area contributed by atoms with E-state index in [1.165, 1.54) is 0 Å². The molecule has 0 saturated carbocycles. The molecular formula is C19H29N3O5. The number of carbonyl (C=O) groups is 2. The summed E-state index contributed by atoms with van der Waals surface area (Å²) in [5.41, 5.74) is 0.377. The summed E-state index contributed by atoms with van der Waals surface area (Å²) in [6, 6.07) is 9.39. The number of β-amino-alcohol motifs (C(OH)–C–C–N with tert-alkyl or cyclic N) is 1. The van der Waals surface area contributed by atoms with Crippen molar-refractivity contribution in [3.63, 3.8) is 0 Å². The zero-order chi connectivity index (χ0) is 19.9. The Morgan fingerprint density at radius 1 is 1.22 bits per heavy atom. The van der Waals surface area contributed by atoms with E-state index in [2.05, 4.69) is 10.6 Å². The second kappa shape index (κ2) is 9.57. The van der Waals surface area contributed by atoms with Gasteiger partial charge in [-0.05, 0) is 26.3 Å². The molecule has 0 aromatic heterocycles. The standard InChI is InChI=1S/C19H29N3O5/c1-19(2,3)27-18(25)21-15-10-22(11-15)12-16(23)9-20-17(24)26-13-14-7-5-4-6-8-14/h4-8,15-16,23H,9-13H2,1-3H3,(H,20,24)(H,21,25). The number of likely N-dealkylation sites (tertiary alicyclic amines) is 1. The summed E-state index contributed by atoms with van der Waals surface area (Å²) < 4.78 is 10.3. The van der Waals surface area contributed by atoms with Crippen LogP contribution in [-0.2, 0) is 16.1 Å². The zero-order valence-electron chi connectivity index (χ0n) is 16.1. The van der Waals surface area contributed by atoms with Crippen LogP contribution in [0.5, 0.6) is 0 Å². The molecule has 8 nitrogen and oxygen atoms in total. The van der Waals surface area contributed by atoms with E-state index < -0.39 is 23.9 Å². The van der Waals surface area contributed by atoms with Gasteiger partial charge in [-0.2, -0.15) is 0 Å². The van der Waals surface area contributed by atoms with E-state index in [4.69, 9.17) is 9.47 Å². The van der Waals surface area contributed by atoms with Crippen LogP contribution in [0, 0.1) is 0 Å². The van der Waals surface area contributed by atoms with Crippen molar-refractivity contribution in [3.05, 3.63) is 35.9 Å². The van der Waals surface area contributed by atoms with Crippen molar-refractivity contribution in [3.8, 4) is 0 Å². The molecule has 1 heterocycles. The van der Waals surface area contributed by atoms with E-state index in [-0.39, 0.29) is 19.2 Å². The summed E-state index contributed by atoms with van der Waals surface area (Å²) in [5.74, 6) is 0. The lowest BCUT2D eigenvalue weighted by molar-refractivity contribution is 0.0296. The Bertz CT molecular complexity index is 612. The first kappa shape index (κ1) is 21.0. The predicted octanol–water partition coefficient (Wildman–Crippen LogP) is 1.48.